The van der Waals surface area contributed by atoms with E-state index in [9.17, 15) is 4.79 Å². The molecule has 0 radical (unpaired) electrons. The summed E-state index contributed by atoms with van der Waals surface area (Å²) in [6.07, 6.45) is 1.88. The fourth-order valence-corrected chi connectivity index (χ4v) is 2.41. The van der Waals surface area contributed by atoms with Crippen LogP contribution in [0.4, 0.5) is 0 Å². The van der Waals surface area contributed by atoms with E-state index in [1.807, 2.05) is 32.0 Å². The third kappa shape index (κ3) is 3.38. The molecule has 110 valence electrons. The Kier molecular flexibility index (Phi) is 4.78. The Morgan fingerprint density at radius 2 is 2.20 bits per heavy atom. The van der Waals surface area contributed by atoms with Gasteiger partial charge in [-0.2, -0.15) is 0 Å². The highest BCUT2D eigenvalue weighted by molar-refractivity contribution is 5.83. The number of nitrogens with one attached hydrogen (secondary N) is 1. The quantitative estimate of drug-likeness (QED) is 0.856. The summed E-state index contributed by atoms with van der Waals surface area (Å²) in [5, 5.41) is 3.06. The van der Waals surface area contributed by atoms with Gasteiger partial charge in [-0.3, -0.25) is 4.79 Å². The number of rotatable bonds is 5. The summed E-state index contributed by atoms with van der Waals surface area (Å²) in [7, 11) is 0. The van der Waals surface area contributed by atoms with Crippen LogP contribution >= 0.6 is 0 Å². The van der Waals surface area contributed by atoms with Crippen LogP contribution in [0.3, 0.4) is 0 Å². The normalized spacial score (nSPS) is 27.2. The van der Waals surface area contributed by atoms with Gasteiger partial charge in [0.05, 0.1) is 18.6 Å². The lowest BCUT2D eigenvalue weighted by Gasteiger charge is -2.27. The molecule has 0 saturated carbocycles. The molecule has 1 heterocycles. The Morgan fingerprint density at radius 3 is 2.80 bits per heavy atom. The van der Waals surface area contributed by atoms with Crippen molar-refractivity contribution in [3.05, 3.63) is 35.9 Å². The first kappa shape index (κ1) is 15.0. The molecule has 1 aliphatic rings. The molecule has 0 aliphatic carbocycles. The minimum Gasteiger partial charge on any atom is -0.379 e. The van der Waals surface area contributed by atoms with Gasteiger partial charge in [-0.05, 0) is 32.3 Å². The molecular weight excluding hydrogens is 252 g/mol. The highest BCUT2D eigenvalue weighted by atomic mass is 16.5. The number of aryl methyl sites for hydroxylation is 1. The van der Waals surface area contributed by atoms with Crippen LogP contribution in [0.15, 0.2) is 30.3 Å². The molecule has 2 rings (SSSR count). The molecule has 3 unspecified atom stereocenters. The van der Waals surface area contributed by atoms with Gasteiger partial charge in [-0.25, -0.2) is 0 Å². The van der Waals surface area contributed by atoms with E-state index in [2.05, 4.69) is 17.4 Å². The maximum atomic E-state index is 12.3. The molecule has 4 heteroatoms. The van der Waals surface area contributed by atoms with E-state index in [4.69, 9.17) is 10.5 Å². The Balaban J connectivity index is 1.82. The molecule has 1 aromatic rings. The Hall–Kier alpha value is -1.39. The van der Waals surface area contributed by atoms with Crippen molar-refractivity contribution in [1.82, 2.24) is 5.32 Å². The molecule has 20 heavy (non-hydrogen) atoms. The minimum absolute atomic E-state index is 0.00283. The molecular formula is C16H24N2O2. The van der Waals surface area contributed by atoms with Crippen molar-refractivity contribution in [3.63, 3.8) is 0 Å². The van der Waals surface area contributed by atoms with Crippen molar-refractivity contribution < 1.29 is 9.53 Å². The average Bonchev–Trinajstić information content (AvgIpc) is 2.79. The SMILES string of the molecule is CC(CCc1ccccc1)NC(=O)C1(C)COCC1N. The van der Waals surface area contributed by atoms with Crippen LogP contribution < -0.4 is 11.1 Å². The predicted molar refractivity (Wildman–Crippen MR) is 79.3 cm³/mol. The first-order valence-corrected chi connectivity index (χ1v) is 7.20. The summed E-state index contributed by atoms with van der Waals surface area (Å²) in [4.78, 5) is 12.3. The summed E-state index contributed by atoms with van der Waals surface area (Å²) in [5.41, 5.74) is 6.67. The summed E-state index contributed by atoms with van der Waals surface area (Å²) in [6, 6.07) is 10.2. The maximum absolute atomic E-state index is 12.3. The minimum atomic E-state index is -0.596. The summed E-state index contributed by atoms with van der Waals surface area (Å²) in [6.45, 7) is 4.78. The first-order chi connectivity index (χ1) is 9.52. The first-order valence-electron chi connectivity index (χ1n) is 7.20. The fraction of sp³-hybridized carbons (Fsp3) is 0.562. The highest BCUT2D eigenvalue weighted by Gasteiger charge is 2.44. The Morgan fingerprint density at radius 1 is 1.50 bits per heavy atom. The van der Waals surface area contributed by atoms with Crippen LogP contribution in [0.1, 0.15) is 25.8 Å². The smallest absolute Gasteiger partial charge is 0.230 e. The second kappa shape index (κ2) is 6.37. The van der Waals surface area contributed by atoms with Gasteiger partial charge in [0.15, 0.2) is 0 Å². The third-order valence-electron chi connectivity index (χ3n) is 4.12. The molecule has 1 saturated heterocycles. The predicted octanol–water partition coefficient (Wildman–Crippen LogP) is 1.49. The van der Waals surface area contributed by atoms with Gasteiger partial charge in [0.25, 0.3) is 0 Å². The van der Waals surface area contributed by atoms with E-state index in [1.165, 1.54) is 5.56 Å². The van der Waals surface area contributed by atoms with Crippen molar-refractivity contribution in [3.8, 4) is 0 Å². The lowest BCUT2D eigenvalue weighted by atomic mass is 9.84. The zero-order valence-corrected chi connectivity index (χ0v) is 12.3. The van der Waals surface area contributed by atoms with E-state index >= 15 is 0 Å². The van der Waals surface area contributed by atoms with E-state index in [-0.39, 0.29) is 18.0 Å². The van der Waals surface area contributed by atoms with Crippen LogP contribution in [0.5, 0.6) is 0 Å². The van der Waals surface area contributed by atoms with Crippen molar-refractivity contribution in [1.29, 1.82) is 0 Å². The van der Waals surface area contributed by atoms with Gasteiger partial charge in [-0.15, -0.1) is 0 Å². The average molecular weight is 276 g/mol. The monoisotopic (exact) mass is 276 g/mol. The molecule has 1 fully saturated rings. The number of carbonyl (C=O) groups is 1. The van der Waals surface area contributed by atoms with Crippen LogP contribution in [-0.4, -0.2) is 31.2 Å². The molecule has 3 N–H and O–H groups in total. The van der Waals surface area contributed by atoms with Crippen molar-refractivity contribution in [2.75, 3.05) is 13.2 Å². The highest BCUT2D eigenvalue weighted by Crippen LogP contribution is 2.27. The molecule has 0 bridgehead atoms. The van der Waals surface area contributed by atoms with Gasteiger partial charge in [0.1, 0.15) is 0 Å². The molecule has 3 atom stereocenters. The number of carbonyl (C=O) groups excluding carboxylic acids is 1. The third-order valence-corrected chi connectivity index (χ3v) is 4.12. The van der Waals surface area contributed by atoms with E-state index in [0.29, 0.717) is 13.2 Å². The van der Waals surface area contributed by atoms with Crippen molar-refractivity contribution in [2.45, 2.75) is 38.8 Å². The molecule has 1 aromatic carbocycles. The molecule has 0 aromatic heterocycles. The van der Waals surface area contributed by atoms with Crippen molar-refractivity contribution >= 4 is 5.91 Å². The van der Waals surface area contributed by atoms with E-state index in [0.717, 1.165) is 12.8 Å². The number of amides is 1. The Labute approximate surface area is 120 Å². The van der Waals surface area contributed by atoms with Gasteiger partial charge < -0.3 is 15.8 Å². The fourth-order valence-electron chi connectivity index (χ4n) is 2.41. The zero-order chi connectivity index (χ0) is 14.6. The zero-order valence-electron chi connectivity index (χ0n) is 12.3. The number of nitrogens with two attached hydrogens (primary N) is 1. The maximum Gasteiger partial charge on any atom is 0.230 e. The van der Waals surface area contributed by atoms with E-state index < -0.39 is 5.41 Å². The molecule has 4 nitrogen and oxygen atoms in total. The van der Waals surface area contributed by atoms with Crippen LogP contribution in [0, 0.1) is 5.41 Å². The standard InChI is InChI=1S/C16H24N2O2/c1-12(8-9-13-6-4-3-5-7-13)18-15(19)16(2)11-20-10-14(16)17/h3-7,12,14H,8-11,17H2,1-2H3,(H,18,19). The molecule has 1 aliphatic heterocycles. The number of hydrogen-bond acceptors (Lipinski definition) is 3. The summed E-state index contributed by atoms with van der Waals surface area (Å²) < 4.78 is 5.32. The van der Waals surface area contributed by atoms with Crippen LogP contribution in [0.25, 0.3) is 0 Å². The van der Waals surface area contributed by atoms with Crippen LogP contribution in [-0.2, 0) is 16.0 Å². The van der Waals surface area contributed by atoms with Crippen molar-refractivity contribution in [2.24, 2.45) is 11.1 Å². The molecule has 0 spiro atoms. The summed E-state index contributed by atoms with van der Waals surface area (Å²) in [5.74, 6) is 0.00283. The van der Waals surface area contributed by atoms with Crippen LogP contribution in [0.2, 0.25) is 0 Å². The topological polar surface area (TPSA) is 64.3 Å². The van der Waals surface area contributed by atoms with Gasteiger partial charge in [0, 0.05) is 12.1 Å². The lowest BCUT2D eigenvalue weighted by Crippen LogP contribution is -2.51. The second-order valence-electron chi connectivity index (χ2n) is 5.94. The summed E-state index contributed by atoms with van der Waals surface area (Å²) >= 11 is 0. The largest absolute Gasteiger partial charge is 0.379 e. The second-order valence-corrected chi connectivity index (χ2v) is 5.94. The van der Waals surface area contributed by atoms with Gasteiger partial charge in [0.2, 0.25) is 5.91 Å². The van der Waals surface area contributed by atoms with E-state index in [1.54, 1.807) is 0 Å². The molecule has 1 amide bonds. The van der Waals surface area contributed by atoms with Gasteiger partial charge in [-0.1, -0.05) is 30.3 Å². The number of ether oxygens (including phenoxy) is 1. The number of hydrogen-bond donors (Lipinski definition) is 2. The lowest BCUT2D eigenvalue weighted by molar-refractivity contribution is -0.131. The Bertz CT molecular complexity index is 449. The number of benzene rings is 1. The van der Waals surface area contributed by atoms with Gasteiger partial charge >= 0.3 is 0 Å².